The fraction of sp³-hybridized carbons (Fsp3) is 0.538. The Kier molecular flexibility index (Phi) is 5.63. The highest BCUT2D eigenvalue weighted by atomic mass is 16.2. The molecule has 0 spiro atoms. The van der Waals surface area contributed by atoms with Gasteiger partial charge in [0, 0.05) is 25.8 Å². The van der Waals surface area contributed by atoms with Crippen molar-refractivity contribution in [1.82, 2.24) is 15.2 Å². The summed E-state index contributed by atoms with van der Waals surface area (Å²) in [6.07, 6.45) is 1.84. The molecule has 0 saturated carbocycles. The van der Waals surface area contributed by atoms with Crippen LogP contribution in [-0.4, -0.2) is 35.4 Å². The number of hydrogen-bond acceptors (Lipinski definition) is 3. The summed E-state index contributed by atoms with van der Waals surface area (Å²) in [7, 11) is 0. The number of nitrogens with zero attached hydrogens (tertiary/aromatic N) is 2. The number of amides is 1. The summed E-state index contributed by atoms with van der Waals surface area (Å²) >= 11 is 0. The zero-order valence-corrected chi connectivity index (χ0v) is 10.9. The van der Waals surface area contributed by atoms with Crippen molar-refractivity contribution < 1.29 is 4.79 Å². The second-order valence-corrected chi connectivity index (χ2v) is 4.00. The van der Waals surface area contributed by atoms with Crippen LogP contribution in [0.25, 0.3) is 0 Å². The van der Waals surface area contributed by atoms with Crippen LogP contribution in [0.3, 0.4) is 0 Å². The van der Waals surface area contributed by atoms with Crippen molar-refractivity contribution in [2.24, 2.45) is 0 Å². The standard InChI is InChI=1S/C13H21N3O/c1-4-16(5-2)13(17)10-14-9-12-7-6-11(3)8-15-12/h6-8,14H,4-5,9-10H2,1-3H3. The summed E-state index contributed by atoms with van der Waals surface area (Å²) < 4.78 is 0. The largest absolute Gasteiger partial charge is 0.342 e. The maximum absolute atomic E-state index is 11.7. The van der Waals surface area contributed by atoms with E-state index in [9.17, 15) is 4.79 Å². The van der Waals surface area contributed by atoms with Crippen molar-refractivity contribution in [3.05, 3.63) is 29.6 Å². The third-order valence-corrected chi connectivity index (χ3v) is 2.67. The van der Waals surface area contributed by atoms with Crippen molar-refractivity contribution >= 4 is 5.91 Å². The molecule has 94 valence electrons. The minimum atomic E-state index is 0.141. The molecule has 1 amide bonds. The van der Waals surface area contributed by atoms with E-state index in [0.29, 0.717) is 13.1 Å². The lowest BCUT2D eigenvalue weighted by atomic mass is 10.3. The molecule has 4 nitrogen and oxygen atoms in total. The average Bonchev–Trinajstić information content (AvgIpc) is 2.33. The van der Waals surface area contributed by atoms with Gasteiger partial charge in [0.05, 0.1) is 12.2 Å². The monoisotopic (exact) mass is 235 g/mol. The second-order valence-electron chi connectivity index (χ2n) is 4.00. The highest BCUT2D eigenvalue weighted by molar-refractivity contribution is 5.78. The van der Waals surface area contributed by atoms with Crippen LogP contribution in [0.2, 0.25) is 0 Å². The molecule has 0 aliphatic rings. The number of likely N-dealkylation sites (N-methyl/N-ethyl adjacent to an activating group) is 1. The Morgan fingerprint density at radius 2 is 2.06 bits per heavy atom. The zero-order chi connectivity index (χ0) is 12.7. The van der Waals surface area contributed by atoms with Gasteiger partial charge < -0.3 is 10.2 Å². The molecule has 0 unspecified atom stereocenters. The van der Waals surface area contributed by atoms with E-state index in [-0.39, 0.29) is 5.91 Å². The first kappa shape index (κ1) is 13.6. The van der Waals surface area contributed by atoms with Crippen molar-refractivity contribution in [1.29, 1.82) is 0 Å². The molecule has 1 aromatic heterocycles. The Labute approximate surface area is 103 Å². The third-order valence-electron chi connectivity index (χ3n) is 2.67. The number of pyridine rings is 1. The van der Waals surface area contributed by atoms with Gasteiger partial charge in [-0.1, -0.05) is 6.07 Å². The fourth-order valence-electron chi connectivity index (χ4n) is 1.59. The number of carbonyl (C=O) groups is 1. The Balaban J connectivity index is 2.32. The van der Waals surface area contributed by atoms with Crippen LogP contribution in [0, 0.1) is 6.92 Å². The van der Waals surface area contributed by atoms with Gasteiger partial charge in [-0.2, -0.15) is 0 Å². The Morgan fingerprint density at radius 3 is 2.59 bits per heavy atom. The van der Waals surface area contributed by atoms with E-state index in [2.05, 4.69) is 10.3 Å². The molecule has 1 N–H and O–H groups in total. The Morgan fingerprint density at radius 1 is 1.35 bits per heavy atom. The van der Waals surface area contributed by atoms with Gasteiger partial charge in [0.15, 0.2) is 0 Å². The maximum atomic E-state index is 11.7. The number of aromatic nitrogens is 1. The van der Waals surface area contributed by atoms with Crippen LogP contribution in [-0.2, 0) is 11.3 Å². The molecule has 0 saturated heterocycles. The molecule has 0 radical (unpaired) electrons. The van der Waals surface area contributed by atoms with Crippen molar-refractivity contribution in [2.45, 2.75) is 27.3 Å². The van der Waals surface area contributed by atoms with Crippen molar-refractivity contribution in [2.75, 3.05) is 19.6 Å². The van der Waals surface area contributed by atoms with E-state index in [0.717, 1.165) is 24.3 Å². The van der Waals surface area contributed by atoms with Crippen LogP contribution in [0.4, 0.5) is 0 Å². The van der Waals surface area contributed by atoms with Gasteiger partial charge in [0.25, 0.3) is 0 Å². The number of nitrogens with one attached hydrogen (secondary N) is 1. The van der Waals surface area contributed by atoms with E-state index in [4.69, 9.17) is 0 Å². The van der Waals surface area contributed by atoms with Crippen molar-refractivity contribution in [3.63, 3.8) is 0 Å². The number of rotatable bonds is 6. The molecule has 1 heterocycles. The molecular weight excluding hydrogens is 214 g/mol. The van der Waals surface area contributed by atoms with Crippen LogP contribution in [0.5, 0.6) is 0 Å². The lowest BCUT2D eigenvalue weighted by Gasteiger charge is -2.18. The van der Waals surface area contributed by atoms with Crippen LogP contribution < -0.4 is 5.32 Å². The minimum Gasteiger partial charge on any atom is -0.342 e. The molecule has 0 fully saturated rings. The van der Waals surface area contributed by atoms with E-state index < -0.39 is 0 Å². The molecule has 0 aliphatic carbocycles. The fourth-order valence-corrected chi connectivity index (χ4v) is 1.59. The zero-order valence-electron chi connectivity index (χ0n) is 10.9. The van der Waals surface area contributed by atoms with E-state index >= 15 is 0 Å². The molecular formula is C13H21N3O. The quantitative estimate of drug-likeness (QED) is 0.809. The van der Waals surface area contributed by atoms with E-state index in [1.807, 2.05) is 44.0 Å². The Bertz CT molecular complexity index is 344. The smallest absolute Gasteiger partial charge is 0.236 e. The van der Waals surface area contributed by atoms with E-state index in [1.165, 1.54) is 0 Å². The predicted molar refractivity (Wildman–Crippen MR) is 68.6 cm³/mol. The second kappa shape index (κ2) is 7.01. The number of aryl methyl sites for hydroxylation is 1. The first-order valence-electron chi connectivity index (χ1n) is 6.07. The number of hydrogen-bond donors (Lipinski definition) is 1. The van der Waals surface area contributed by atoms with Crippen molar-refractivity contribution in [3.8, 4) is 0 Å². The van der Waals surface area contributed by atoms with Crippen LogP contribution in [0.15, 0.2) is 18.3 Å². The molecule has 0 aromatic carbocycles. The normalized spacial score (nSPS) is 10.3. The lowest BCUT2D eigenvalue weighted by molar-refractivity contribution is -0.129. The first-order chi connectivity index (χ1) is 8.17. The lowest BCUT2D eigenvalue weighted by Crippen LogP contribution is -2.37. The SMILES string of the molecule is CCN(CC)C(=O)CNCc1ccc(C)cn1. The molecule has 1 rings (SSSR count). The van der Waals surface area contributed by atoms with Gasteiger partial charge in [-0.15, -0.1) is 0 Å². The summed E-state index contributed by atoms with van der Waals surface area (Å²) in [5.41, 5.74) is 2.11. The van der Waals surface area contributed by atoms with Gasteiger partial charge in [-0.25, -0.2) is 0 Å². The molecule has 17 heavy (non-hydrogen) atoms. The summed E-state index contributed by atoms with van der Waals surface area (Å²) in [6.45, 7) is 8.52. The first-order valence-corrected chi connectivity index (χ1v) is 6.07. The maximum Gasteiger partial charge on any atom is 0.236 e. The summed E-state index contributed by atoms with van der Waals surface area (Å²) in [5, 5.41) is 3.12. The summed E-state index contributed by atoms with van der Waals surface area (Å²) in [4.78, 5) is 17.8. The molecule has 0 bridgehead atoms. The van der Waals surface area contributed by atoms with Gasteiger partial charge in [0.1, 0.15) is 0 Å². The van der Waals surface area contributed by atoms with E-state index in [1.54, 1.807) is 0 Å². The van der Waals surface area contributed by atoms with Crippen LogP contribution >= 0.6 is 0 Å². The molecule has 4 heteroatoms. The van der Waals surface area contributed by atoms with Gasteiger partial charge in [-0.05, 0) is 32.4 Å². The highest BCUT2D eigenvalue weighted by Crippen LogP contribution is 1.97. The van der Waals surface area contributed by atoms with Crippen LogP contribution in [0.1, 0.15) is 25.1 Å². The van der Waals surface area contributed by atoms with Gasteiger partial charge in [-0.3, -0.25) is 9.78 Å². The topological polar surface area (TPSA) is 45.2 Å². The number of carbonyl (C=O) groups excluding carboxylic acids is 1. The predicted octanol–water partition coefficient (Wildman–Crippen LogP) is 1.35. The minimum absolute atomic E-state index is 0.141. The molecule has 0 atom stereocenters. The van der Waals surface area contributed by atoms with Gasteiger partial charge in [0.2, 0.25) is 5.91 Å². The Hall–Kier alpha value is -1.42. The van der Waals surface area contributed by atoms with Gasteiger partial charge >= 0.3 is 0 Å². The average molecular weight is 235 g/mol. The molecule has 1 aromatic rings. The third kappa shape index (κ3) is 4.53. The highest BCUT2D eigenvalue weighted by Gasteiger charge is 2.08. The molecule has 0 aliphatic heterocycles. The summed E-state index contributed by atoms with van der Waals surface area (Å²) in [5.74, 6) is 0.141. The summed E-state index contributed by atoms with van der Waals surface area (Å²) in [6, 6.07) is 4.00.